The first-order valence-electron chi connectivity index (χ1n) is 16.3. The zero-order chi connectivity index (χ0) is 33.2. The molecule has 1 saturated heterocycles. The monoisotopic (exact) mass is 697 g/mol. The molecule has 1 heterocycles. The van der Waals surface area contributed by atoms with Crippen molar-refractivity contribution in [2.24, 2.45) is 23.7 Å². The maximum Gasteiger partial charge on any atom is 0.234 e. The Morgan fingerprint density at radius 3 is 2.17 bits per heavy atom. The number of carbonyl (C=O) groups is 4. The fraction of sp³-hybridized carbons (Fsp3) is 0.220. The highest BCUT2D eigenvalue weighted by atomic mass is 79.9. The molecule has 4 aromatic carbocycles. The summed E-state index contributed by atoms with van der Waals surface area (Å²) in [6, 6.07) is 33.2. The van der Waals surface area contributed by atoms with E-state index in [9.17, 15) is 19.5 Å². The number of phenolic OH excluding ortho intramolecular Hbond substituents is 1. The van der Waals surface area contributed by atoms with Crippen LogP contribution in [0.1, 0.15) is 41.0 Å². The second-order valence-electron chi connectivity index (χ2n) is 13.2. The van der Waals surface area contributed by atoms with Crippen LogP contribution in [0, 0.1) is 23.7 Å². The summed E-state index contributed by atoms with van der Waals surface area (Å²) in [5.74, 6) is -4.21. The zero-order valence-electron chi connectivity index (χ0n) is 26.0. The normalized spacial score (nSPS) is 27.9. The van der Waals surface area contributed by atoms with E-state index in [1.807, 2.05) is 103 Å². The summed E-state index contributed by atoms with van der Waals surface area (Å²) >= 11 is 3.58. The van der Waals surface area contributed by atoms with Crippen molar-refractivity contribution in [3.05, 3.63) is 154 Å². The highest BCUT2D eigenvalue weighted by molar-refractivity contribution is 9.10. The van der Waals surface area contributed by atoms with Crippen molar-refractivity contribution < 1.29 is 24.3 Å². The Bertz CT molecular complexity index is 2040. The molecule has 4 aromatic rings. The van der Waals surface area contributed by atoms with Gasteiger partial charge in [-0.05, 0) is 59.7 Å². The molecule has 0 radical (unpaired) electrons. The van der Waals surface area contributed by atoms with Gasteiger partial charge in [-0.3, -0.25) is 24.1 Å². The van der Waals surface area contributed by atoms with Crippen LogP contribution >= 0.6 is 15.9 Å². The van der Waals surface area contributed by atoms with Crippen LogP contribution in [0.2, 0.25) is 0 Å². The molecule has 1 N–H and O–H groups in total. The van der Waals surface area contributed by atoms with E-state index in [1.165, 1.54) is 11.0 Å². The van der Waals surface area contributed by atoms with Gasteiger partial charge in [-0.1, -0.05) is 119 Å². The van der Waals surface area contributed by atoms with E-state index in [4.69, 9.17) is 0 Å². The number of benzene rings is 4. The number of ketones is 2. The minimum absolute atomic E-state index is 0.00135. The van der Waals surface area contributed by atoms with E-state index in [0.717, 1.165) is 11.1 Å². The maximum absolute atomic E-state index is 15.1. The molecular weight excluding hydrogens is 666 g/mol. The number of nitrogens with zero attached hydrogens (tertiary/aromatic N) is 1. The molecule has 4 aliphatic rings. The largest absolute Gasteiger partial charge is 0.508 e. The number of allylic oxidation sites excluding steroid dienone is 4. The van der Waals surface area contributed by atoms with E-state index in [1.54, 1.807) is 12.1 Å². The van der Waals surface area contributed by atoms with Crippen molar-refractivity contribution in [1.29, 1.82) is 0 Å². The fourth-order valence-corrected chi connectivity index (χ4v) is 9.34. The van der Waals surface area contributed by atoms with Crippen molar-refractivity contribution in [2.45, 2.75) is 30.7 Å². The van der Waals surface area contributed by atoms with Crippen LogP contribution in [0.25, 0.3) is 5.57 Å². The number of halogens is 1. The second kappa shape index (κ2) is 11.7. The first-order valence-corrected chi connectivity index (χ1v) is 17.1. The molecule has 0 aromatic heterocycles. The van der Waals surface area contributed by atoms with Crippen molar-refractivity contribution in [1.82, 2.24) is 4.90 Å². The molecular formula is C41H32BrNO5. The van der Waals surface area contributed by atoms with Crippen LogP contribution in [-0.4, -0.2) is 33.4 Å². The standard InChI is InChI=1S/C41H32BrNO5/c42-27-16-19-34(44)32(20-27)37-28-17-18-29-36(40(48)43(39(29)47)23-24-10-4-1-5-11-24)31(28)21-33-38(46)30(25-12-6-2-7-13-25)22-35(45)41(33,37)26-14-8-3-9-15-26/h1-17,19-20,22,29,31,33,36-37,44H,18,21,23H2/t29-,31+,33-,36-,37+,41-/m0/s1. The van der Waals surface area contributed by atoms with Crippen LogP contribution in [0.3, 0.4) is 0 Å². The zero-order valence-corrected chi connectivity index (χ0v) is 27.5. The molecule has 48 heavy (non-hydrogen) atoms. The van der Waals surface area contributed by atoms with Crippen LogP contribution in [0.5, 0.6) is 5.75 Å². The number of carbonyl (C=O) groups excluding carboxylic acids is 4. The number of likely N-dealkylation sites (tertiary alicyclic amines) is 1. The van der Waals surface area contributed by atoms with Crippen LogP contribution in [0.15, 0.2) is 131 Å². The van der Waals surface area contributed by atoms with E-state index in [0.29, 0.717) is 33.2 Å². The third-order valence-electron chi connectivity index (χ3n) is 11.0. The summed E-state index contributed by atoms with van der Waals surface area (Å²) in [5, 5.41) is 11.5. The Morgan fingerprint density at radius 1 is 0.792 bits per heavy atom. The van der Waals surface area contributed by atoms with Gasteiger partial charge in [0.25, 0.3) is 0 Å². The number of aromatic hydroxyl groups is 1. The SMILES string of the molecule is O=C1C(c2ccccc2)=CC(=O)[C@@]2(c3ccccc3)[C@@H](c3cc(Br)ccc3O)C3=CC[C@@H]4C(=O)N(Cc5ccccc5)C(=O)[C@@H]4[C@@H]3C[C@@H]12. The van der Waals surface area contributed by atoms with E-state index < -0.39 is 35.0 Å². The second-order valence-corrected chi connectivity index (χ2v) is 14.2. The van der Waals surface area contributed by atoms with Gasteiger partial charge in [0.1, 0.15) is 5.75 Å². The first-order chi connectivity index (χ1) is 23.3. The lowest BCUT2D eigenvalue weighted by Crippen LogP contribution is -2.58. The van der Waals surface area contributed by atoms with Gasteiger partial charge in [0.15, 0.2) is 11.6 Å². The topological polar surface area (TPSA) is 91.8 Å². The summed E-state index contributed by atoms with van der Waals surface area (Å²) in [5.41, 5.74) is 2.48. The van der Waals surface area contributed by atoms with Gasteiger partial charge in [-0.2, -0.15) is 0 Å². The van der Waals surface area contributed by atoms with Crippen molar-refractivity contribution in [3.8, 4) is 5.75 Å². The Morgan fingerprint density at radius 2 is 1.46 bits per heavy atom. The third kappa shape index (κ3) is 4.51. The number of Topliss-reactive ketones (excluding diaryl/α,β-unsaturated/α-hetero) is 1. The molecule has 3 aliphatic carbocycles. The highest BCUT2D eigenvalue weighted by Gasteiger charge is 2.66. The number of imide groups is 1. The molecule has 0 unspecified atom stereocenters. The summed E-state index contributed by atoms with van der Waals surface area (Å²) in [4.78, 5) is 59.7. The van der Waals surface area contributed by atoms with Gasteiger partial charge in [0, 0.05) is 27.4 Å². The molecule has 6 nitrogen and oxygen atoms in total. The smallest absolute Gasteiger partial charge is 0.234 e. The number of rotatable bonds is 5. The fourth-order valence-electron chi connectivity index (χ4n) is 8.96. The number of fused-ring (bicyclic) bond motifs is 4. The van der Waals surface area contributed by atoms with Crippen molar-refractivity contribution in [3.63, 3.8) is 0 Å². The minimum Gasteiger partial charge on any atom is -0.508 e. The average molecular weight is 699 g/mol. The highest BCUT2D eigenvalue weighted by Crippen LogP contribution is 2.64. The van der Waals surface area contributed by atoms with Crippen molar-refractivity contribution >= 4 is 44.9 Å². The van der Waals surface area contributed by atoms with Crippen LogP contribution in [-0.2, 0) is 31.1 Å². The van der Waals surface area contributed by atoms with Gasteiger partial charge >= 0.3 is 0 Å². The van der Waals surface area contributed by atoms with Gasteiger partial charge in [-0.15, -0.1) is 0 Å². The minimum atomic E-state index is -1.39. The number of hydrogen-bond acceptors (Lipinski definition) is 5. The van der Waals surface area contributed by atoms with E-state index in [-0.39, 0.29) is 42.1 Å². The first kappa shape index (κ1) is 30.5. The molecule has 238 valence electrons. The molecule has 8 rings (SSSR count). The summed E-state index contributed by atoms with van der Waals surface area (Å²) in [7, 11) is 0. The van der Waals surface area contributed by atoms with Crippen LogP contribution < -0.4 is 0 Å². The summed E-state index contributed by atoms with van der Waals surface area (Å²) in [6.45, 7) is 0.180. The third-order valence-corrected chi connectivity index (χ3v) is 11.4. The van der Waals surface area contributed by atoms with Gasteiger partial charge in [0.05, 0.1) is 23.8 Å². The van der Waals surface area contributed by atoms with E-state index in [2.05, 4.69) is 15.9 Å². The quantitative estimate of drug-likeness (QED) is 0.176. The Hall–Kier alpha value is -4.88. The summed E-state index contributed by atoms with van der Waals surface area (Å²) < 4.78 is 0.711. The predicted octanol–water partition coefficient (Wildman–Crippen LogP) is 7.18. The molecule has 1 aliphatic heterocycles. The number of hydrogen-bond donors (Lipinski definition) is 1. The molecule has 1 saturated carbocycles. The number of phenols is 1. The molecule has 6 atom stereocenters. The lowest BCUT2D eigenvalue weighted by Gasteiger charge is -2.55. The Balaban J connectivity index is 1.35. The van der Waals surface area contributed by atoms with Crippen LogP contribution in [0.4, 0.5) is 0 Å². The van der Waals surface area contributed by atoms with Gasteiger partial charge in [0.2, 0.25) is 11.8 Å². The molecule has 2 amide bonds. The van der Waals surface area contributed by atoms with Gasteiger partial charge in [-0.25, -0.2) is 0 Å². The summed E-state index contributed by atoms with van der Waals surface area (Å²) in [6.07, 6.45) is 4.06. The predicted molar refractivity (Wildman–Crippen MR) is 184 cm³/mol. The average Bonchev–Trinajstić information content (AvgIpc) is 3.36. The van der Waals surface area contributed by atoms with E-state index >= 15 is 4.79 Å². The Labute approximate surface area is 286 Å². The van der Waals surface area contributed by atoms with Crippen molar-refractivity contribution in [2.75, 3.05) is 0 Å². The molecule has 0 bridgehead atoms. The molecule has 7 heteroatoms. The number of amides is 2. The molecule has 0 spiro atoms. The van der Waals surface area contributed by atoms with Gasteiger partial charge < -0.3 is 5.11 Å². The lowest BCUT2D eigenvalue weighted by molar-refractivity contribution is -0.141. The lowest BCUT2D eigenvalue weighted by atomic mass is 9.44. The maximum atomic E-state index is 15.1. The Kier molecular flexibility index (Phi) is 7.40. The molecule has 2 fully saturated rings.